The number of hydrogen-bond acceptors (Lipinski definition) is 7. The third kappa shape index (κ3) is 3.64. The van der Waals surface area contributed by atoms with E-state index >= 15 is 0 Å². The Morgan fingerprint density at radius 2 is 2.36 bits per heavy atom. The maximum absolute atomic E-state index is 12.4. The SMILES string of the molecule is Cc1nnc(N2CC[C@H]3C[C@H](C(=O)NCc4ccccn4)O[C@@H]3C2)s1. The molecule has 132 valence electrons. The highest BCUT2D eigenvalue weighted by atomic mass is 32.1. The first-order chi connectivity index (χ1) is 12.2. The average molecular weight is 359 g/mol. The molecule has 0 saturated carbocycles. The van der Waals surface area contributed by atoms with Gasteiger partial charge in [-0.1, -0.05) is 17.4 Å². The Kier molecular flexibility index (Phi) is 4.63. The Labute approximate surface area is 150 Å². The number of ether oxygens (including phenoxy) is 1. The lowest BCUT2D eigenvalue weighted by Gasteiger charge is -2.33. The van der Waals surface area contributed by atoms with Crippen molar-refractivity contribution in [3.63, 3.8) is 0 Å². The van der Waals surface area contributed by atoms with Crippen LogP contribution in [0.5, 0.6) is 0 Å². The molecule has 0 unspecified atom stereocenters. The molecule has 2 aromatic heterocycles. The summed E-state index contributed by atoms with van der Waals surface area (Å²) in [6.45, 7) is 4.12. The van der Waals surface area contributed by atoms with Gasteiger partial charge in [-0.15, -0.1) is 10.2 Å². The molecule has 0 bridgehead atoms. The van der Waals surface area contributed by atoms with Gasteiger partial charge in [0.1, 0.15) is 11.1 Å². The van der Waals surface area contributed by atoms with Crippen LogP contribution in [0.4, 0.5) is 5.13 Å². The minimum atomic E-state index is -0.366. The number of amides is 1. The summed E-state index contributed by atoms with van der Waals surface area (Å²) in [5, 5.41) is 13.2. The molecule has 4 heterocycles. The molecule has 0 spiro atoms. The molecule has 2 aromatic rings. The first kappa shape index (κ1) is 16.4. The van der Waals surface area contributed by atoms with E-state index in [-0.39, 0.29) is 18.1 Å². The van der Waals surface area contributed by atoms with E-state index in [1.165, 1.54) is 0 Å². The van der Waals surface area contributed by atoms with E-state index in [9.17, 15) is 4.79 Å². The Bertz CT molecular complexity index is 738. The highest BCUT2D eigenvalue weighted by Crippen LogP contribution is 2.35. The molecule has 2 saturated heterocycles. The smallest absolute Gasteiger partial charge is 0.249 e. The Balaban J connectivity index is 1.32. The molecule has 2 fully saturated rings. The van der Waals surface area contributed by atoms with Crippen molar-refractivity contribution in [1.29, 1.82) is 0 Å². The molecule has 4 rings (SSSR count). The first-order valence-electron chi connectivity index (χ1n) is 8.57. The molecule has 7 nitrogen and oxygen atoms in total. The van der Waals surface area contributed by atoms with E-state index in [4.69, 9.17) is 4.74 Å². The van der Waals surface area contributed by atoms with Gasteiger partial charge in [0.2, 0.25) is 11.0 Å². The van der Waals surface area contributed by atoms with Crippen LogP contribution in [0.15, 0.2) is 24.4 Å². The van der Waals surface area contributed by atoms with Gasteiger partial charge in [0.05, 0.1) is 18.3 Å². The molecule has 0 radical (unpaired) electrons. The van der Waals surface area contributed by atoms with Crippen LogP contribution in [0.3, 0.4) is 0 Å². The molecule has 2 aliphatic rings. The average Bonchev–Trinajstić information content (AvgIpc) is 3.26. The summed E-state index contributed by atoms with van der Waals surface area (Å²) in [5.74, 6) is 0.397. The summed E-state index contributed by atoms with van der Waals surface area (Å²) in [7, 11) is 0. The third-order valence-electron chi connectivity index (χ3n) is 4.80. The van der Waals surface area contributed by atoms with Crippen molar-refractivity contribution in [3.8, 4) is 0 Å². The number of pyridine rings is 1. The Morgan fingerprint density at radius 1 is 1.44 bits per heavy atom. The fraction of sp³-hybridized carbons (Fsp3) is 0.529. The number of fused-ring (bicyclic) bond motifs is 1. The Morgan fingerprint density at radius 3 is 3.12 bits per heavy atom. The quantitative estimate of drug-likeness (QED) is 0.892. The number of aromatic nitrogens is 3. The summed E-state index contributed by atoms with van der Waals surface area (Å²) in [6.07, 6.45) is 3.26. The van der Waals surface area contributed by atoms with Crippen molar-refractivity contribution in [2.45, 2.75) is 38.5 Å². The second-order valence-electron chi connectivity index (χ2n) is 6.54. The number of aryl methyl sites for hydroxylation is 1. The molecule has 1 amide bonds. The summed E-state index contributed by atoms with van der Waals surface area (Å²) in [4.78, 5) is 18.9. The van der Waals surface area contributed by atoms with Gasteiger partial charge in [0.25, 0.3) is 0 Å². The Hall–Kier alpha value is -2.06. The van der Waals surface area contributed by atoms with Gasteiger partial charge in [-0.3, -0.25) is 9.78 Å². The van der Waals surface area contributed by atoms with Crippen molar-refractivity contribution < 1.29 is 9.53 Å². The van der Waals surface area contributed by atoms with E-state index < -0.39 is 0 Å². The lowest BCUT2D eigenvalue weighted by Crippen LogP contribution is -2.42. The van der Waals surface area contributed by atoms with Crippen molar-refractivity contribution >= 4 is 22.4 Å². The molecule has 2 aliphatic heterocycles. The van der Waals surface area contributed by atoms with Gasteiger partial charge in [-0.25, -0.2) is 0 Å². The summed E-state index contributed by atoms with van der Waals surface area (Å²) < 4.78 is 6.06. The van der Waals surface area contributed by atoms with Crippen LogP contribution in [-0.4, -0.2) is 46.4 Å². The lowest BCUT2D eigenvalue weighted by molar-refractivity contribution is -0.132. The highest BCUT2D eigenvalue weighted by Gasteiger charge is 2.42. The molecule has 1 N–H and O–H groups in total. The fourth-order valence-corrected chi connectivity index (χ4v) is 4.20. The molecule has 0 aromatic carbocycles. The minimum absolute atomic E-state index is 0.0432. The molecular formula is C17H21N5O2S. The van der Waals surface area contributed by atoms with Crippen LogP contribution in [0.1, 0.15) is 23.5 Å². The molecule has 8 heteroatoms. The third-order valence-corrected chi connectivity index (χ3v) is 5.70. The van der Waals surface area contributed by atoms with Crippen LogP contribution >= 0.6 is 11.3 Å². The van der Waals surface area contributed by atoms with Gasteiger partial charge in [0, 0.05) is 19.3 Å². The maximum Gasteiger partial charge on any atom is 0.249 e. The normalized spacial score (nSPS) is 25.6. The fourth-order valence-electron chi connectivity index (χ4n) is 3.48. The van der Waals surface area contributed by atoms with Crippen LogP contribution in [0.25, 0.3) is 0 Å². The molecular weight excluding hydrogens is 338 g/mol. The number of nitrogens with zero attached hydrogens (tertiary/aromatic N) is 4. The number of carbonyl (C=O) groups excluding carboxylic acids is 1. The zero-order chi connectivity index (χ0) is 17.2. The molecule has 0 aliphatic carbocycles. The maximum atomic E-state index is 12.4. The predicted molar refractivity (Wildman–Crippen MR) is 94.3 cm³/mol. The zero-order valence-corrected chi connectivity index (χ0v) is 14.9. The number of rotatable bonds is 4. The van der Waals surface area contributed by atoms with Gasteiger partial charge < -0.3 is 15.0 Å². The second kappa shape index (κ2) is 7.05. The zero-order valence-electron chi connectivity index (χ0n) is 14.1. The number of carbonyl (C=O) groups is 1. The van der Waals surface area contributed by atoms with Gasteiger partial charge in [0.15, 0.2) is 0 Å². The van der Waals surface area contributed by atoms with Crippen LogP contribution < -0.4 is 10.2 Å². The van der Waals surface area contributed by atoms with Crippen molar-refractivity contribution in [1.82, 2.24) is 20.5 Å². The van der Waals surface area contributed by atoms with Crippen LogP contribution in [-0.2, 0) is 16.1 Å². The molecule has 25 heavy (non-hydrogen) atoms. The van der Waals surface area contributed by atoms with E-state index in [0.717, 1.165) is 41.8 Å². The summed E-state index contributed by atoms with van der Waals surface area (Å²) >= 11 is 1.60. The van der Waals surface area contributed by atoms with E-state index in [2.05, 4.69) is 25.4 Å². The summed E-state index contributed by atoms with van der Waals surface area (Å²) in [5.41, 5.74) is 0.851. The molecule has 3 atom stereocenters. The topological polar surface area (TPSA) is 80.2 Å². The van der Waals surface area contributed by atoms with Gasteiger partial charge >= 0.3 is 0 Å². The number of piperidine rings is 1. The number of hydrogen-bond donors (Lipinski definition) is 1. The van der Waals surface area contributed by atoms with Crippen LogP contribution in [0, 0.1) is 12.8 Å². The minimum Gasteiger partial charge on any atom is -0.363 e. The van der Waals surface area contributed by atoms with Crippen molar-refractivity contribution in [3.05, 3.63) is 35.1 Å². The monoisotopic (exact) mass is 359 g/mol. The lowest BCUT2D eigenvalue weighted by atomic mass is 9.92. The standard InChI is InChI=1S/C17H21N5O2S/c1-11-20-21-17(25-11)22-7-5-12-8-14(24-15(12)10-22)16(23)19-9-13-4-2-3-6-18-13/h2-4,6,12,14-15H,5,7-10H2,1H3,(H,19,23)/t12-,14+,15+/m0/s1. The van der Waals surface area contributed by atoms with E-state index in [1.807, 2.05) is 25.1 Å². The first-order valence-corrected chi connectivity index (χ1v) is 9.39. The second-order valence-corrected chi connectivity index (χ2v) is 7.70. The highest BCUT2D eigenvalue weighted by molar-refractivity contribution is 7.15. The van der Waals surface area contributed by atoms with E-state index in [1.54, 1.807) is 17.5 Å². The van der Waals surface area contributed by atoms with Gasteiger partial charge in [-0.2, -0.15) is 0 Å². The largest absolute Gasteiger partial charge is 0.363 e. The van der Waals surface area contributed by atoms with E-state index in [0.29, 0.717) is 12.5 Å². The van der Waals surface area contributed by atoms with Crippen molar-refractivity contribution in [2.24, 2.45) is 5.92 Å². The predicted octanol–water partition coefficient (Wildman–Crippen LogP) is 1.54. The number of nitrogens with one attached hydrogen (secondary N) is 1. The number of anilines is 1. The van der Waals surface area contributed by atoms with Crippen molar-refractivity contribution in [2.75, 3.05) is 18.0 Å². The summed E-state index contributed by atoms with van der Waals surface area (Å²) in [6, 6.07) is 5.68. The van der Waals surface area contributed by atoms with Gasteiger partial charge in [-0.05, 0) is 37.8 Å². The van der Waals surface area contributed by atoms with Crippen LogP contribution in [0.2, 0.25) is 0 Å².